The largest absolute Gasteiger partial charge is 0.478 e. The monoisotopic (exact) mass is 405 g/mol. The lowest BCUT2D eigenvalue weighted by atomic mass is 9.98. The van der Waals surface area contributed by atoms with Gasteiger partial charge < -0.3 is 5.11 Å². The van der Waals surface area contributed by atoms with E-state index in [2.05, 4.69) is 0 Å². The van der Waals surface area contributed by atoms with Crippen LogP contribution in [-0.4, -0.2) is 23.8 Å². The van der Waals surface area contributed by atoms with E-state index in [9.17, 15) is 18.3 Å². The summed E-state index contributed by atoms with van der Waals surface area (Å²) in [7, 11) is -3.88. The average molecular weight is 405 g/mol. The van der Waals surface area contributed by atoms with Crippen LogP contribution in [0.5, 0.6) is 0 Å². The molecule has 0 amide bonds. The molecule has 0 bridgehead atoms. The van der Waals surface area contributed by atoms with E-state index in [4.69, 9.17) is 0 Å². The third kappa shape index (κ3) is 3.32. The van der Waals surface area contributed by atoms with E-state index in [1.54, 1.807) is 48.5 Å². The highest BCUT2D eigenvalue weighted by atomic mass is 32.2. The number of hydrogen-bond acceptors (Lipinski definition) is 3. The Bertz CT molecular complexity index is 1220. The molecule has 0 aromatic heterocycles. The van der Waals surface area contributed by atoms with E-state index in [1.165, 1.54) is 4.31 Å². The molecule has 6 heteroatoms. The van der Waals surface area contributed by atoms with Crippen LogP contribution in [0.25, 0.3) is 11.3 Å². The van der Waals surface area contributed by atoms with Gasteiger partial charge in [-0.1, -0.05) is 72.3 Å². The molecule has 1 N–H and O–H groups in total. The molecule has 1 aliphatic rings. The van der Waals surface area contributed by atoms with Gasteiger partial charge in [0.1, 0.15) is 0 Å². The van der Waals surface area contributed by atoms with Crippen LogP contribution in [-0.2, 0) is 21.4 Å². The fourth-order valence-electron chi connectivity index (χ4n) is 3.57. The van der Waals surface area contributed by atoms with Gasteiger partial charge in [0.15, 0.2) is 0 Å². The van der Waals surface area contributed by atoms with Crippen LogP contribution in [0.1, 0.15) is 22.3 Å². The molecule has 0 saturated carbocycles. The number of fused-ring (bicyclic) bond motifs is 1. The van der Waals surface area contributed by atoms with Gasteiger partial charge in [0.2, 0.25) is 0 Å². The standard InChI is InChI=1S/C23H19NO4S/c1-16-12-13-20-19(14-16)22(21(23(25)26)18-10-6-3-7-11-18)24(29(20,27)28)15-17-8-4-2-5-9-17/h2-14H,15H2,1H3,(H,25,26)/b22-21+. The van der Waals surface area contributed by atoms with Gasteiger partial charge in [-0.15, -0.1) is 0 Å². The van der Waals surface area contributed by atoms with E-state index >= 15 is 0 Å². The number of carboxylic acids is 1. The summed E-state index contributed by atoms with van der Waals surface area (Å²) in [5.41, 5.74) is 2.67. The summed E-state index contributed by atoms with van der Waals surface area (Å²) in [6.45, 7) is 1.91. The third-order valence-electron chi connectivity index (χ3n) is 4.89. The van der Waals surface area contributed by atoms with Crippen molar-refractivity contribution in [2.45, 2.75) is 18.4 Å². The van der Waals surface area contributed by atoms with Gasteiger partial charge in [0, 0.05) is 5.56 Å². The normalized spacial score (nSPS) is 16.4. The molecule has 0 aliphatic carbocycles. The summed E-state index contributed by atoms with van der Waals surface area (Å²) in [4.78, 5) is 12.4. The maximum atomic E-state index is 13.4. The number of hydrogen-bond donors (Lipinski definition) is 1. The minimum atomic E-state index is -3.88. The van der Waals surface area contributed by atoms with Gasteiger partial charge in [-0.05, 0) is 30.2 Å². The molecule has 0 radical (unpaired) electrons. The Morgan fingerprint density at radius 3 is 2.17 bits per heavy atom. The van der Waals surface area contributed by atoms with Crippen LogP contribution in [0.15, 0.2) is 83.8 Å². The Morgan fingerprint density at radius 2 is 1.55 bits per heavy atom. The van der Waals surface area contributed by atoms with E-state index < -0.39 is 16.0 Å². The zero-order chi connectivity index (χ0) is 20.6. The van der Waals surface area contributed by atoms with Crippen molar-refractivity contribution in [1.29, 1.82) is 0 Å². The Hall–Kier alpha value is -3.38. The van der Waals surface area contributed by atoms with Gasteiger partial charge in [0.25, 0.3) is 10.0 Å². The van der Waals surface area contributed by atoms with Crippen molar-refractivity contribution < 1.29 is 18.3 Å². The molecular weight excluding hydrogens is 386 g/mol. The van der Waals surface area contributed by atoms with E-state index in [1.807, 2.05) is 37.3 Å². The van der Waals surface area contributed by atoms with Crippen LogP contribution < -0.4 is 0 Å². The summed E-state index contributed by atoms with van der Waals surface area (Å²) in [6.07, 6.45) is 0. The number of rotatable bonds is 4. The Kier molecular flexibility index (Phi) is 4.72. The highest BCUT2D eigenvalue weighted by molar-refractivity contribution is 7.90. The summed E-state index contributed by atoms with van der Waals surface area (Å²) in [5.74, 6) is -1.17. The molecule has 0 unspecified atom stereocenters. The first-order chi connectivity index (χ1) is 13.9. The fourth-order valence-corrected chi connectivity index (χ4v) is 5.23. The maximum Gasteiger partial charge on any atom is 0.338 e. The van der Waals surface area contributed by atoms with Crippen molar-refractivity contribution in [3.05, 3.63) is 101 Å². The first-order valence-electron chi connectivity index (χ1n) is 9.10. The second-order valence-corrected chi connectivity index (χ2v) is 8.72. The van der Waals surface area contributed by atoms with Gasteiger partial charge >= 0.3 is 5.97 Å². The smallest absolute Gasteiger partial charge is 0.338 e. The molecule has 3 aromatic rings. The zero-order valence-corrected chi connectivity index (χ0v) is 16.6. The quantitative estimate of drug-likeness (QED) is 0.662. The van der Waals surface area contributed by atoms with Crippen molar-refractivity contribution in [3.63, 3.8) is 0 Å². The van der Waals surface area contributed by atoms with Crippen molar-refractivity contribution in [2.24, 2.45) is 0 Å². The average Bonchev–Trinajstić information content (AvgIpc) is 2.90. The van der Waals surface area contributed by atoms with Crippen molar-refractivity contribution >= 4 is 27.3 Å². The fraction of sp³-hybridized carbons (Fsp3) is 0.0870. The number of sulfonamides is 1. The van der Waals surface area contributed by atoms with Crippen molar-refractivity contribution in [2.75, 3.05) is 0 Å². The molecule has 0 saturated heterocycles. The second-order valence-electron chi connectivity index (χ2n) is 6.89. The van der Waals surface area contributed by atoms with Crippen molar-refractivity contribution in [1.82, 2.24) is 4.31 Å². The minimum absolute atomic E-state index is 0.0329. The molecule has 4 rings (SSSR count). The van der Waals surface area contributed by atoms with Crippen LogP contribution in [0.4, 0.5) is 0 Å². The molecular formula is C23H19NO4S. The Balaban J connectivity index is 2.04. The number of benzene rings is 3. The SMILES string of the molecule is Cc1ccc2c(c1)/C(=C(\C(=O)O)c1ccccc1)N(Cc1ccccc1)S2(=O)=O. The molecule has 0 atom stereocenters. The lowest BCUT2D eigenvalue weighted by Crippen LogP contribution is -2.25. The lowest BCUT2D eigenvalue weighted by Gasteiger charge is -2.21. The predicted molar refractivity (Wildman–Crippen MR) is 111 cm³/mol. The van der Waals surface area contributed by atoms with E-state index in [-0.39, 0.29) is 22.7 Å². The number of carboxylic acid groups (broad SMARTS) is 1. The molecule has 3 aromatic carbocycles. The van der Waals surface area contributed by atoms with Gasteiger partial charge in [0.05, 0.1) is 22.7 Å². The summed E-state index contributed by atoms with van der Waals surface area (Å²) in [6, 6.07) is 22.8. The van der Waals surface area contributed by atoms with E-state index in [0.29, 0.717) is 11.1 Å². The Labute approximate surface area is 169 Å². The molecule has 1 aliphatic heterocycles. The van der Waals surface area contributed by atoms with Gasteiger partial charge in [-0.25, -0.2) is 13.2 Å². The van der Waals surface area contributed by atoms with Gasteiger partial charge in [-0.2, -0.15) is 0 Å². The highest BCUT2D eigenvalue weighted by Crippen LogP contribution is 2.44. The number of aryl methyl sites for hydroxylation is 1. The third-order valence-corrected chi connectivity index (χ3v) is 6.69. The second kappa shape index (κ2) is 7.22. The molecule has 146 valence electrons. The van der Waals surface area contributed by atoms with Crippen LogP contribution in [0, 0.1) is 6.92 Å². The topological polar surface area (TPSA) is 74.7 Å². The number of nitrogens with zero attached hydrogens (tertiary/aromatic N) is 1. The predicted octanol–water partition coefficient (Wildman–Crippen LogP) is 4.15. The van der Waals surface area contributed by atoms with Crippen molar-refractivity contribution in [3.8, 4) is 0 Å². The first kappa shape index (κ1) is 19.0. The van der Waals surface area contributed by atoms with E-state index in [0.717, 1.165) is 11.1 Å². The minimum Gasteiger partial charge on any atom is -0.478 e. The molecule has 0 spiro atoms. The van der Waals surface area contributed by atoms with Crippen LogP contribution in [0.3, 0.4) is 0 Å². The zero-order valence-electron chi connectivity index (χ0n) is 15.7. The molecule has 29 heavy (non-hydrogen) atoms. The Morgan fingerprint density at radius 1 is 0.931 bits per heavy atom. The summed E-state index contributed by atoms with van der Waals surface area (Å²) >= 11 is 0. The molecule has 5 nitrogen and oxygen atoms in total. The van der Waals surface area contributed by atoms with Crippen LogP contribution in [0.2, 0.25) is 0 Å². The van der Waals surface area contributed by atoms with Crippen LogP contribution >= 0.6 is 0 Å². The maximum absolute atomic E-state index is 13.4. The summed E-state index contributed by atoms with van der Waals surface area (Å²) in [5, 5.41) is 10.1. The first-order valence-corrected chi connectivity index (χ1v) is 10.5. The summed E-state index contributed by atoms with van der Waals surface area (Å²) < 4.78 is 27.9. The number of carbonyl (C=O) groups is 1. The lowest BCUT2D eigenvalue weighted by molar-refractivity contribution is -0.130. The number of aliphatic carboxylic acids is 1. The molecule has 1 heterocycles. The highest BCUT2D eigenvalue weighted by Gasteiger charge is 2.41. The molecule has 0 fully saturated rings. The van der Waals surface area contributed by atoms with Gasteiger partial charge in [-0.3, -0.25) is 4.31 Å².